The average molecular weight is 232 g/mol. The van der Waals surface area contributed by atoms with Crippen LogP contribution in [-0.4, -0.2) is 49.5 Å². The Morgan fingerprint density at radius 2 is 2.00 bits per heavy atom. The molecular weight excluding hydrogens is 208 g/mol. The van der Waals surface area contributed by atoms with E-state index >= 15 is 0 Å². The number of hydrogen-bond donors (Lipinski definition) is 3. The molecule has 1 unspecified atom stereocenters. The van der Waals surface area contributed by atoms with Gasteiger partial charge in [-0.3, -0.25) is 4.79 Å². The van der Waals surface area contributed by atoms with Crippen LogP contribution < -0.4 is 10.6 Å². The van der Waals surface area contributed by atoms with Gasteiger partial charge in [-0.1, -0.05) is 0 Å². The molecule has 0 fully saturated rings. The predicted molar refractivity (Wildman–Crippen MR) is 63.3 cm³/mol. The summed E-state index contributed by atoms with van der Waals surface area (Å²) in [4.78, 5) is 11.5. The highest BCUT2D eigenvalue weighted by Crippen LogP contribution is 1.87. The number of aliphatic hydroxyl groups excluding tert-OH is 1. The van der Waals surface area contributed by atoms with E-state index in [4.69, 9.17) is 9.84 Å². The molecule has 5 nitrogen and oxygen atoms in total. The fourth-order valence-corrected chi connectivity index (χ4v) is 1.16. The first kappa shape index (κ1) is 15.3. The molecule has 0 aliphatic carbocycles. The number of carbonyl (C=O) groups excluding carboxylic acids is 1. The van der Waals surface area contributed by atoms with Crippen molar-refractivity contribution in [2.24, 2.45) is 0 Å². The summed E-state index contributed by atoms with van der Waals surface area (Å²) in [6.45, 7) is 7.49. The largest absolute Gasteiger partial charge is 0.394 e. The van der Waals surface area contributed by atoms with E-state index in [2.05, 4.69) is 10.6 Å². The van der Waals surface area contributed by atoms with Crippen molar-refractivity contribution in [1.82, 2.24) is 10.6 Å². The molecule has 0 aliphatic heterocycles. The van der Waals surface area contributed by atoms with Gasteiger partial charge in [-0.25, -0.2) is 0 Å². The second-order valence-electron chi connectivity index (χ2n) is 4.03. The van der Waals surface area contributed by atoms with Gasteiger partial charge < -0.3 is 20.5 Å². The molecule has 0 aromatic heterocycles. The second-order valence-corrected chi connectivity index (χ2v) is 4.03. The van der Waals surface area contributed by atoms with Gasteiger partial charge in [-0.2, -0.15) is 0 Å². The molecule has 96 valence electrons. The van der Waals surface area contributed by atoms with Crippen LogP contribution in [0.4, 0.5) is 0 Å². The summed E-state index contributed by atoms with van der Waals surface area (Å²) in [5.41, 5.74) is 0. The lowest BCUT2D eigenvalue weighted by molar-refractivity contribution is -0.123. The monoisotopic (exact) mass is 232 g/mol. The van der Waals surface area contributed by atoms with Crippen molar-refractivity contribution in [3.05, 3.63) is 0 Å². The van der Waals surface area contributed by atoms with Crippen molar-refractivity contribution in [2.45, 2.75) is 39.3 Å². The highest BCUT2D eigenvalue weighted by Gasteiger charge is 2.11. The molecule has 0 aromatic rings. The lowest BCUT2D eigenvalue weighted by Gasteiger charge is -2.15. The number of carbonyl (C=O) groups is 1. The van der Waals surface area contributed by atoms with Crippen molar-refractivity contribution in [1.29, 1.82) is 0 Å². The van der Waals surface area contributed by atoms with Crippen LogP contribution in [0.5, 0.6) is 0 Å². The number of ether oxygens (including phenoxy) is 1. The Hall–Kier alpha value is -0.650. The maximum absolute atomic E-state index is 11.5. The molecule has 0 saturated heterocycles. The molecule has 0 spiro atoms. The van der Waals surface area contributed by atoms with E-state index in [1.807, 2.05) is 20.8 Å². The predicted octanol–water partition coefficient (Wildman–Crippen LogP) is -0.112. The van der Waals surface area contributed by atoms with Crippen LogP contribution in [0.1, 0.15) is 27.2 Å². The zero-order valence-corrected chi connectivity index (χ0v) is 10.5. The second kappa shape index (κ2) is 9.57. The number of hydrogen-bond acceptors (Lipinski definition) is 4. The van der Waals surface area contributed by atoms with Gasteiger partial charge in [0, 0.05) is 12.6 Å². The van der Waals surface area contributed by atoms with Crippen molar-refractivity contribution >= 4 is 5.91 Å². The Labute approximate surface area is 97.6 Å². The molecule has 0 radical (unpaired) electrons. The van der Waals surface area contributed by atoms with Crippen LogP contribution in [0, 0.1) is 0 Å². The first-order valence-electron chi connectivity index (χ1n) is 5.80. The molecule has 0 aliphatic rings. The molecule has 0 bridgehead atoms. The van der Waals surface area contributed by atoms with Crippen LogP contribution in [0.25, 0.3) is 0 Å². The highest BCUT2D eigenvalue weighted by molar-refractivity contribution is 5.81. The van der Waals surface area contributed by atoms with E-state index in [9.17, 15) is 4.79 Å². The Morgan fingerprint density at radius 1 is 1.31 bits per heavy atom. The molecule has 1 amide bonds. The highest BCUT2D eigenvalue weighted by atomic mass is 16.5. The maximum Gasteiger partial charge on any atom is 0.237 e. The first-order valence-corrected chi connectivity index (χ1v) is 5.80. The summed E-state index contributed by atoms with van der Waals surface area (Å²) in [5.74, 6) is 0.0197. The molecule has 16 heavy (non-hydrogen) atoms. The van der Waals surface area contributed by atoms with Crippen molar-refractivity contribution in [2.75, 3.05) is 26.4 Å². The van der Waals surface area contributed by atoms with Crippen LogP contribution in [0.3, 0.4) is 0 Å². The third-order valence-corrected chi connectivity index (χ3v) is 1.98. The molecular formula is C11H24N2O3. The molecule has 0 saturated carbocycles. The lowest BCUT2D eigenvalue weighted by Crippen LogP contribution is -2.45. The van der Waals surface area contributed by atoms with E-state index in [1.54, 1.807) is 0 Å². The standard InChI is InChI=1S/C11H24N2O3/c1-9(2)13-11(15)10(3)12-5-4-7-16-8-6-14/h9-10,12,14H,4-8H2,1-3H3,(H,13,15). The number of rotatable bonds is 9. The Kier molecular flexibility index (Phi) is 9.18. The van der Waals surface area contributed by atoms with Gasteiger partial charge in [0.05, 0.1) is 19.3 Å². The van der Waals surface area contributed by atoms with Crippen molar-refractivity contribution < 1.29 is 14.6 Å². The molecule has 0 rings (SSSR count). The minimum absolute atomic E-state index is 0.0197. The third kappa shape index (κ3) is 8.64. The summed E-state index contributed by atoms with van der Waals surface area (Å²) in [7, 11) is 0. The summed E-state index contributed by atoms with van der Waals surface area (Å²) in [6, 6.07) is -0.00937. The van der Waals surface area contributed by atoms with Gasteiger partial charge >= 0.3 is 0 Å². The zero-order valence-electron chi connectivity index (χ0n) is 10.5. The van der Waals surface area contributed by atoms with Gasteiger partial charge in [0.25, 0.3) is 0 Å². The van der Waals surface area contributed by atoms with Crippen LogP contribution in [0.2, 0.25) is 0 Å². The van der Waals surface area contributed by atoms with Gasteiger partial charge in [-0.15, -0.1) is 0 Å². The molecule has 1 atom stereocenters. The van der Waals surface area contributed by atoms with Crippen LogP contribution >= 0.6 is 0 Å². The first-order chi connectivity index (χ1) is 7.57. The summed E-state index contributed by atoms with van der Waals surface area (Å²) in [6.07, 6.45) is 0.833. The van der Waals surface area contributed by atoms with E-state index in [0.717, 1.165) is 13.0 Å². The summed E-state index contributed by atoms with van der Waals surface area (Å²) in [5, 5.41) is 14.4. The van der Waals surface area contributed by atoms with Gasteiger partial charge in [0.2, 0.25) is 5.91 Å². The number of aliphatic hydroxyl groups is 1. The normalized spacial score (nSPS) is 12.8. The van der Waals surface area contributed by atoms with Crippen molar-refractivity contribution in [3.63, 3.8) is 0 Å². The van der Waals surface area contributed by atoms with Crippen molar-refractivity contribution in [3.8, 4) is 0 Å². The Morgan fingerprint density at radius 3 is 2.56 bits per heavy atom. The van der Waals surface area contributed by atoms with E-state index in [1.165, 1.54) is 0 Å². The van der Waals surface area contributed by atoms with E-state index < -0.39 is 0 Å². The third-order valence-electron chi connectivity index (χ3n) is 1.98. The van der Waals surface area contributed by atoms with Crippen LogP contribution in [-0.2, 0) is 9.53 Å². The lowest BCUT2D eigenvalue weighted by atomic mass is 10.2. The topological polar surface area (TPSA) is 70.6 Å². The Bertz CT molecular complexity index is 186. The fourth-order valence-electron chi connectivity index (χ4n) is 1.16. The minimum Gasteiger partial charge on any atom is -0.394 e. The van der Waals surface area contributed by atoms with Crippen LogP contribution in [0.15, 0.2) is 0 Å². The molecule has 5 heteroatoms. The SMILES string of the molecule is CC(C)NC(=O)C(C)NCCCOCCO. The zero-order chi connectivity index (χ0) is 12.4. The maximum atomic E-state index is 11.5. The summed E-state index contributed by atoms with van der Waals surface area (Å²) >= 11 is 0. The summed E-state index contributed by atoms with van der Waals surface area (Å²) < 4.78 is 5.10. The molecule has 3 N–H and O–H groups in total. The number of nitrogens with one attached hydrogen (secondary N) is 2. The van der Waals surface area contributed by atoms with Gasteiger partial charge in [0.15, 0.2) is 0 Å². The van der Waals surface area contributed by atoms with Gasteiger partial charge in [0.1, 0.15) is 0 Å². The quantitative estimate of drug-likeness (QED) is 0.485. The molecule has 0 heterocycles. The minimum atomic E-state index is -0.180. The van der Waals surface area contributed by atoms with Gasteiger partial charge in [-0.05, 0) is 33.7 Å². The van der Waals surface area contributed by atoms with E-state index in [-0.39, 0.29) is 24.6 Å². The number of amides is 1. The molecule has 0 aromatic carbocycles. The Balaban J connectivity index is 3.42. The average Bonchev–Trinajstić information content (AvgIpc) is 2.21. The fraction of sp³-hybridized carbons (Fsp3) is 0.909. The van der Waals surface area contributed by atoms with E-state index in [0.29, 0.717) is 13.2 Å². The smallest absolute Gasteiger partial charge is 0.237 e.